The van der Waals surface area contributed by atoms with Gasteiger partial charge in [-0.05, 0) is 31.2 Å². The number of esters is 2. The molecule has 0 spiro atoms. The molecule has 8 nitrogen and oxygen atoms in total. The van der Waals surface area contributed by atoms with E-state index in [1.165, 1.54) is 25.2 Å². The highest BCUT2D eigenvalue weighted by Gasteiger charge is 2.29. The monoisotopic (exact) mass is 367 g/mol. The highest BCUT2D eigenvalue weighted by Crippen LogP contribution is 2.34. The highest BCUT2D eigenvalue weighted by atomic mass is 16.5. The fourth-order valence-corrected chi connectivity index (χ4v) is 2.62. The fourth-order valence-electron chi connectivity index (χ4n) is 2.62. The van der Waals surface area contributed by atoms with Crippen molar-refractivity contribution >= 4 is 17.6 Å². The van der Waals surface area contributed by atoms with Crippen molar-refractivity contribution in [1.82, 2.24) is 10.1 Å². The van der Waals surface area contributed by atoms with Gasteiger partial charge in [0.2, 0.25) is 0 Å². The van der Waals surface area contributed by atoms with Gasteiger partial charge in [0.1, 0.15) is 5.70 Å². The number of hydrogen-bond acceptors (Lipinski definition) is 8. The number of allylic oxidation sites excluding steroid dienone is 2. The molecule has 2 aromatic rings. The average Bonchev–Trinajstić information content (AvgIpc) is 3.00. The van der Waals surface area contributed by atoms with Gasteiger partial charge in [-0.2, -0.15) is 4.98 Å². The number of para-hydroxylation sites is 1. The molecule has 0 unspecified atom stereocenters. The predicted octanol–water partition coefficient (Wildman–Crippen LogP) is 2.54. The Kier molecular flexibility index (Phi) is 5.16. The Morgan fingerprint density at radius 3 is 2.48 bits per heavy atom. The van der Waals surface area contributed by atoms with E-state index in [1.54, 1.807) is 49.5 Å². The summed E-state index contributed by atoms with van der Waals surface area (Å²) < 4.78 is 15.0. The van der Waals surface area contributed by atoms with Gasteiger partial charge in [0.15, 0.2) is 5.82 Å². The molecule has 1 aliphatic rings. The Morgan fingerprint density at radius 1 is 1.07 bits per heavy atom. The lowest BCUT2D eigenvalue weighted by atomic mass is 10.1. The van der Waals surface area contributed by atoms with Crippen LogP contribution in [0.25, 0.3) is 11.5 Å². The minimum atomic E-state index is -0.692. The van der Waals surface area contributed by atoms with Gasteiger partial charge >= 0.3 is 11.9 Å². The van der Waals surface area contributed by atoms with Gasteiger partial charge in [0.05, 0.1) is 31.0 Å². The standard InChI is InChI=1S/C19H17N3O5/c1-12-20-17(27-21-12)13-8-4-5-10-15(13)22-11-7-6-9-14(18(23)25-2)16(22)19(24)26-3/h4-11H,1-3H3. The van der Waals surface area contributed by atoms with Gasteiger partial charge in [-0.1, -0.05) is 23.4 Å². The van der Waals surface area contributed by atoms with Crippen LogP contribution in [0.4, 0.5) is 5.69 Å². The zero-order chi connectivity index (χ0) is 19.4. The maximum absolute atomic E-state index is 12.5. The summed E-state index contributed by atoms with van der Waals surface area (Å²) in [5.74, 6) is -0.584. The van der Waals surface area contributed by atoms with E-state index in [2.05, 4.69) is 10.1 Å². The third-order valence-corrected chi connectivity index (χ3v) is 3.81. The van der Waals surface area contributed by atoms with Crippen molar-refractivity contribution in [3.8, 4) is 11.5 Å². The number of aryl methyl sites for hydroxylation is 1. The van der Waals surface area contributed by atoms with Gasteiger partial charge < -0.3 is 18.9 Å². The molecule has 0 amide bonds. The fraction of sp³-hybridized carbons (Fsp3) is 0.158. The number of benzene rings is 1. The van der Waals surface area contributed by atoms with E-state index in [0.717, 1.165) is 0 Å². The predicted molar refractivity (Wildman–Crippen MR) is 96.3 cm³/mol. The minimum absolute atomic E-state index is 0.0121. The van der Waals surface area contributed by atoms with Crippen molar-refractivity contribution in [2.75, 3.05) is 19.1 Å². The Morgan fingerprint density at radius 2 is 1.81 bits per heavy atom. The maximum atomic E-state index is 12.5. The van der Waals surface area contributed by atoms with Crippen molar-refractivity contribution < 1.29 is 23.6 Å². The van der Waals surface area contributed by atoms with Gasteiger partial charge in [0.25, 0.3) is 5.89 Å². The molecule has 1 aliphatic heterocycles. The molecule has 0 aliphatic carbocycles. The second kappa shape index (κ2) is 7.69. The summed E-state index contributed by atoms with van der Waals surface area (Å²) >= 11 is 0. The number of ether oxygens (including phenoxy) is 2. The number of hydrogen-bond donors (Lipinski definition) is 0. The lowest BCUT2D eigenvalue weighted by molar-refractivity contribution is -0.139. The third kappa shape index (κ3) is 3.50. The summed E-state index contributed by atoms with van der Waals surface area (Å²) in [6.07, 6.45) is 6.46. The van der Waals surface area contributed by atoms with Crippen LogP contribution in [-0.4, -0.2) is 36.3 Å². The van der Waals surface area contributed by atoms with Crippen LogP contribution < -0.4 is 4.90 Å². The Hall–Kier alpha value is -3.68. The summed E-state index contributed by atoms with van der Waals surface area (Å²) in [4.78, 5) is 30.6. The van der Waals surface area contributed by atoms with Crippen molar-refractivity contribution in [2.45, 2.75) is 6.92 Å². The lowest BCUT2D eigenvalue weighted by Gasteiger charge is -2.24. The molecule has 0 saturated carbocycles. The van der Waals surface area contributed by atoms with Crippen molar-refractivity contribution in [3.05, 3.63) is 65.8 Å². The number of aromatic nitrogens is 2. The van der Waals surface area contributed by atoms with E-state index in [9.17, 15) is 9.59 Å². The Labute approximate surface area is 155 Å². The Balaban J connectivity index is 2.23. The number of nitrogens with zero attached hydrogens (tertiary/aromatic N) is 3. The molecule has 0 bridgehead atoms. The molecule has 0 saturated heterocycles. The SMILES string of the molecule is COC(=O)C1=C(C(=O)OC)N(c2ccccc2-c2nc(C)no2)C=CC=C1. The van der Waals surface area contributed by atoms with Crippen LogP contribution in [0.15, 0.2) is 64.5 Å². The van der Waals surface area contributed by atoms with Crippen LogP contribution in [0, 0.1) is 6.92 Å². The molecule has 0 radical (unpaired) electrons. The number of methoxy groups -OCH3 is 2. The Bertz CT molecular complexity index is 971. The number of carbonyl (C=O) groups excluding carboxylic acids is 2. The molecule has 8 heteroatoms. The molecule has 0 atom stereocenters. The van der Waals surface area contributed by atoms with E-state index in [-0.39, 0.29) is 17.2 Å². The quantitative estimate of drug-likeness (QED) is 0.761. The van der Waals surface area contributed by atoms with Crippen LogP contribution in [-0.2, 0) is 19.1 Å². The molecular formula is C19H17N3O5. The second-order valence-corrected chi connectivity index (χ2v) is 5.48. The topological polar surface area (TPSA) is 94.8 Å². The highest BCUT2D eigenvalue weighted by molar-refractivity contribution is 6.06. The molecule has 27 heavy (non-hydrogen) atoms. The summed E-state index contributed by atoms with van der Waals surface area (Å²) in [5, 5.41) is 3.81. The zero-order valence-corrected chi connectivity index (χ0v) is 15.0. The normalized spacial score (nSPS) is 13.5. The molecule has 138 valence electrons. The minimum Gasteiger partial charge on any atom is -0.465 e. The molecule has 2 heterocycles. The number of carbonyl (C=O) groups is 2. The molecule has 1 aromatic heterocycles. The first-order valence-electron chi connectivity index (χ1n) is 8.01. The summed E-state index contributed by atoms with van der Waals surface area (Å²) in [7, 11) is 2.49. The molecule has 0 fully saturated rings. The average molecular weight is 367 g/mol. The van der Waals surface area contributed by atoms with E-state index in [4.69, 9.17) is 14.0 Å². The molecule has 0 N–H and O–H groups in total. The van der Waals surface area contributed by atoms with E-state index >= 15 is 0 Å². The first-order valence-corrected chi connectivity index (χ1v) is 8.01. The van der Waals surface area contributed by atoms with E-state index in [0.29, 0.717) is 17.1 Å². The largest absolute Gasteiger partial charge is 0.465 e. The van der Waals surface area contributed by atoms with Gasteiger partial charge in [0, 0.05) is 6.20 Å². The maximum Gasteiger partial charge on any atom is 0.355 e. The van der Waals surface area contributed by atoms with Crippen LogP contribution in [0.3, 0.4) is 0 Å². The van der Waals surface area contributed by atoms with Crippen LogP contribution in [0.1, 0.15) is 5.82 Å². The van der Waals surface area contributed by atoms with Crippen LogP contribution >= 0.6 is 0 Å². The van der Waals surface area contributed by atoms with Crippen LogP contribution in [0.5, 0.6) is 0 Å². The first-order chi connectivity index (χ1) is 13.1. The van der Waals surface area contributed by atoms with Gasteiger partial charge in [-0.3, -0.25) is 0 Å². The summed E-state index contributed by atoms with van der Waals surface area (Å²) in [5.41, 5.74) is 1.22. The third-order valence-electron chi connectivity index (χ3n) is 3.81. The number of anilines is 1. The van der Waals surface area contributed by atoms with Crippen molar-refractivity contribution in [2.24, 2.45) is 0 Å². The van der Waals surface area contributed by atoms with Gasteiger partial charge in [-0.15, -0.1) is 0 Å². The number of rotatable bonds is 4. The van der Waals surface area contributed by atoms with E-state index in [1.807, 2.05) is 0 Å². The summed E-state index contributed by atoms with van der Waals surface area (Å²) in [6, 6.07) is 7.14. The van der Waals surface area contributed by atoms with Crippen molar-refractivity contribution in [3.63, 3.8) is 0 Å². The first kappa shape index (κ1) is 18.1. The lowest BCUT2D eigenvalue weighted by Crippen LogP contribution is -2.27. The molecule has 3 rings (SSSR count). The molecule has 1 aromatic carbocycles. The molecular weight excluding hydrogens is 350 g/mol. The second-order valence-electron chi connectivity index (χ2n) is 5.48. The van der Waals surface area contributed by atoms with E-state index < -0.39 is 11.9 Å². The van der Waals surface area contributed by atoms with Gasteiger partial charge in [-0.25, -0.2) is 9.59 Å². The zero-order valence-electron chi connectivity index (χ0n) is 15.0. The smallest absolute Gasteiger partial charge is 0.355 e. The summed E-state index contributed by atoms with van der Waals surface area (Å²) in [6.45, 7) is 1.71. The van der Waals surface area contributed by atoms with Crippen molar-refractivity contribution in [1.29, 1.82) is 0 Å². The van der Waals surface area contributed by atoms with Crippen LogP contribution in [0.2, 0.25) is 0 Å².